The lowest BCUT2D eigenvalue weighted by Crippen LogP contribution is -2.31. The first kappa shape index (κ1) is 18.4. The molecule has 0 unspecified atom stereocenters. The first-order valence-electron chi connectivity index (χ1n) is 9.66. The average Bonchev–Trinajstić information content (AvgIpc) is 3.33. The number of hydrogen-bond donors (Lipinski definition) is 1. The molecule has 2 heterocycles. The molecule has 4 rings (SSSR count). The van der Waals surface area contributed by atoms with E-state index in [0.29, 0.717) is 19.6 Å². The maximum absolute atomic E-state index is 13.0. The Morgan fingerprint density at radius 2 is 1.75 bits per heavy atom. The fourth-order valence-corrected chi connectivity index (χ4v) is 3.98. The van der Waals surface area contributed by atoms with Gasteiger partial charge in [0, 0.05) is 19.0 Å². The lowest BCUT2D eigenvalue weighted by molar-refractivity contribution is -0.129. The molecule has 2 N–H and O–H groups in total. The van der Waals surface area contributed by atoms with E-state index >= 15 is 0 Å². The van der Waals surface area contributed by atoms with Crippen LogP contribution in [0.2, 0.25) is 0 Å². The van der Waals surface area contributed by atoms with Crippen molar-refractivity contribution in [3.05, 3.63) is 77.6 Å². The summed E-state index contributed by atoms with van der Waals surface area (Å²) < 4.78 is 1.78. The van der Waals surface area contributed by atoms with Crippen molar-refractivity contribution in [2.45, 2.75) is 19.3 Å². The van der Waals surface area contributed by atoms with Crippen LogP contribution in [0.15, 0.2) is 60.7 Å². The van der Waals surface area contributed by atoms with E-state index in [1.54, 1.807) is 4.68 Å². The molecule has 0 spiro atoms. The van der Waals surface area contributed by atoms with E-state index in [-0.39, 0.29) is 24.2 Å². The summed E-state index contributed by atoms with van der Waals surface area (Å²) in [6.45, 7) is 3.93. The molecule has 28 heavy (non-hydrogen) atoms. The lowest BCUT2D eigenvalue weighted by atomic mass is 9.89. The predicted octanol–water partition coefficient (Wildman–Crippen LogP) is 2.32. The molecule has 6 nitrogen and oxygen atoms in total. The molecule has 1 aromatic heterocycles. The molecule has 2 aromatic carbocycles. The highest BCUT2D eigenvalue weighted by Gasteiger charge is 2.35. The summed E-state index contributed by atoms with van der Waals surface area (Å²) in [4.78, 5) is 14.9. The van der Waals surface area contributed by atoms with Crippen molar-refractivity contribution in [2.75, 3.05) is 19.6 Å². The number of para-hydroxylation sites is 1. The van der Waals surface area contributed by atoms with Crippen LogP contribution in [0.25, 0.3) is 5.69 Å². The summed E-state index contributed by atoms with van der Waals surface area (Å²) in [6, 6.07) is 20.2. The zero-order chi connectivity index (χ0) is 19.5. The van der Waals surface area contributed by atoms with Crippen molar-refractivity contribution < 1.29 is 4.79 Å². The van der Waals surface area contributed by atoms with Gasteiger partial charge < -0.3 is 10.6 Å². The van der Waals surface area contributed by atoms with Gasteiger partial charge in [0.2, 0.25) is 5.91 Å². The van der Waals surface area contributed by atoms with E-state index in [1.165, 1.54) is 5.56 Å². The van der Waals surface area contributed by atoms with Crippen LogP contribution in [0, 0.1) is 12.8 Å². The van der Waals surface area contributed by atoms with Gasteiger partial charge in [0.25, 0.3) is 0 Å². The number of rotatable bonds is 5. The highest BCUT2D eigenvalue weighted by Crippen LogP contribution is 2.32. The minimum Gasteiger partial charge on any atom is -0.341 e. The van der Waals surface area contributed by atoms with E-state index in [4.69, 9.17) is 5.73 Å². The Morgan fingerprint density at radius 1 is 1.07 bits per heavy atom. The number of amides is 1. The zero-order valence-corrected chi connectivity index (χ0v) is 16.0. The van der Waals surface area contributed by atoms with Gasteiger partial charge >= 0.3 is 0 Å². The fraction of sp³-hybridized carbons (Fsp3) is 0.318. The van der Waals surface area contributed by atoms with Gasteiger partial charge in [-0.2, -0.15) is 0 Å². The summed E-state index contributed by atoms with van der Waals surface area (Å²) in [7, 11) is 0. The number of benzene rings is 2. The minimum absolute atomic E-state index is 0.0834. The largest absolute Gasteiger partial charge is 0.341 e. The molecule has 1 amide bonds. The molecular weight excluding hydrogens is 350 g/mol. The molecule has 3 aromatic rings. The molecule has 1 aliphatic heterocycles. The van der Waals surface area contributed by atoms with Crippen LogP contribution in [0.5, 0.6) is 0 Å². The van der Waals surface area contributed by atoms with Crippen LogP contribution in [-0.4, -0.2) is 45.4 Å². The Morgan fingerprint density at radius 3 is 2.43 bits per heavy atom. The fourth-order valence-electron chi connectivity index (χ4n) is 3.98. The summed E-state index contributed by atoms with van der Waals surface area (Å²) in [5.41, 5.74) is 9.82. The average molecular weight is 375 g/mol. The van der Waals surface area contributed by atoms with Crippen LogP contribution in [-0.2, 0) is 11.2 Å². The van der Waals surface area contributed by atoms with E-state index < -0.39 is 0 Å². The Hall–Kier alpha value is -2.99. The SMILES string of the molecule is Cc1c(CC(=O)N2C[C@@H](CN)[C@H](c3ccccc3)C2)nnn1-c1ccccc1. The second-order valence-electron chi connectivity index (χ2n) is 7.36. The van der Waals surface area contributed by atoms with E-state index in [1.807, 2.05) is 60.4 Å². The van der Waals surface area contributed by atoms with Crippen molar-refractivity contribution >= 4 is 5.91 Å². The second-order valence-corrected chi connectivity index (χ2v) is 7.36. The number of likely N-dealkylation sites (tertiary alicyclic amines) is 1. The highest BCUT2D eigenvalue weighted by molar-refractivity contribution is 5.79. The number of carbonyl (C=O) groups is 1. The quantitative estimate of drug-likeness (QED) is 0.742. The molecule has 0 radical (unpaired) electrons. The van der Waals surface area contributed by atoms with Gasteiger partial charge in [-0.25, -0.2) is 4.68 Å². The zero-order valence-electron chi connectivity index (χ0n) is 16.0. The van der Waals surface area contributed by atoms with Gasteiger partial charge in [-0.05, 0) is 37.1 Å². The lowest BCUT2D eigenvalue weighted by Gasteiger charge is -2.16. The van der Waals surface area contributed by atoms with Crippen LogP contribution < -0.4 is 5.73 Å². The third-order valence-electron chi connectivity index (χ3n) is 5.63. The van der Waals surface area contributed by atoms with Gasteiger partial charge in [-0.1, -0.05) is 53.7 Å². The Balaban J connectivity index is 1.48. The van der Waals surface area contributed by atoms with Crippen LogP contribution >= 0.6 is 0 Å². The maximum Gasteiger partial charge on any atom is 0.228 e. The summed E-state index contributed by atoms with van der Waals surface area (Å²) in [5.74, 6) is 0.656. The van der Waals surface area contributed by atoms with Crippen LogP contribution in [0.4, 0.5) is 0 Å². The van der Waals surface area contributed by atoms with Gasteiger partial charge in [-0.15, -0.1) is 5.10 Å². The second kappa shape index (κ2) is 7.94. The number of aromatic nitrogens is 3. The third-order valence-corrected chi connectivity index (χ3v) is 5.63. The van der Waals surface area contributed by atoms with Crippen LogP contribution in [0.3, 0.4) is 0 Å². The van der Waals surface area contributed by atoms with Crippen LogP contribution in [0.1, 0.15) is 22.9 Å². The first-order valence-corrected chi connectivity index (χ1v) is 9.66. The first-order chi connectivity index (χ1) is 13.7. The molecule has 2 atom stereocenters. The molecule has 1 fully saturated rings. The number of nitrogens with two attached hydrogens (primary N) is 1. The van der Waals surface area contributed by atoms with Gasteiger partial charge in [0.1, 0.15) is 0 Å². The van der Waals surface area contributed by atoms with Gasteiger partial charge in [0.15, 0.2) is 0 Å². The standard InChI is InChI=1S/C22H25N5O/c1-16-21(24-25-27(16)19-10-6-3-7-11-19)12-22(28)26-14-18(13-23)20(15-26)17-8-4-2-5-9-17/h2-11,18,20H,12-15,23H2,1H3/t18-,20+/m1/s1. The molecule has 0 saturated carbocycles. The highest BCUT2D eigenvalue weighted by atomic mass is 16.2. The molecule has 6 heteroatoms. The number of hydrogen-bond acceptors (Lipinski definition) is 4. The normalized spacial score (nSPS) is 19.1. The molecule has 1 aliphatic rings. The van der Waals surface area contributed by atoms with Crippen molar-refractivity contribution in [3.63, 3.8) is 0 Å². The smallest absolute Gasteiger partial charge is 0.228 e. The molecule has 1 saturated heterocycles. The van der Waals surface area contributed by atoms with E-state index in [0.717, 1.165) is 17.1 Å². The topological polar surface area (TPSA) is 77.0 Å². The minimum atomic E-state index is 0.0834. The Labute approximate surface area is 165 Å². The van der Waals surface area contributed by atoms with Crippen molar-refractivity contribution in [1.29, 1.82) is 0 Å². The number of carbonyl (C=O) groups excluding carboxylic acids is 1. The van der Waals surface area contributed by atoms with E-state index in [9.17, 15) is 4.79 Å². The molecule has 0 bridgehead atoms. The van der Waals surface area contributed by atoms with Gasteiger partial charge in [-0.3, -0.25) is 4.79 Å². The summed E-state index contributed by atoms with van der Waals surface area (Å²) >= 11 is 0. The maximum atomic E-state index is 13.0. The van der Waals surface area contributed by atoms with Crippen molar-refractivity contribution in [2.24, 2.45) is 11.7 Å². The molecular formula is C22H25N5O. The van der Waals surface area contributed by atoms with Crippen molar-refractivity contribution in [1.82, 2.24) is 19.9 Å². The summed E-state index contributed by atoms with van der Waals surface area (Å²) in [6.07, 6.45) is 0.261. The summed E-state index contributed by atoms with van der Waals surface area (Å²) in [5, 5.41) is 8.50. The molecule has 0 aliphatic carbocycles. The Bertz CT molecular complexity index is 938. The predicted molar refractivity (Wildman–Crippen MR) is 108 cm³/mol. The van der Waals surface area contributed by atoms with E-state index in [2.05, 4.69) is 22.4 Å². The number of nitrogens with zero attached hydrogens (tertiary/aromatic N) is 4. The molecule has 144 valence electrons. The Kier molecular flexibility index (Phi) is 5.21. The van der Waals surface area contributed by atoms with Crippen molar-refractivity contribution in [3.8, 4) is 5.69 Å². The monoisotopic (exact) mass is 375 g/mol. The van der Waals surface area contributed by atoms with Gasteiger partial charge in [0.05, 0.1) is 23.5 Å². The third kappa shape index (κ3) is 3.55.